The molecule has 0 saturated carbocycles. The molecule has 8 heteroatoms. The number of halogens is 1. The molecule has 0 fully saturated rings. The molecule has 7 nitrogen and oxygen atoms in total. The Hall–Kier alpha value is -3.42. The van der Waals surface area contributed by atoms with Gasteiger partial charge >= 0.3 is 5.97 Å². The third-order valence-electron chi connectivity index (χ3n) is 3.38. The molecule has 0 radical (unpaired) electrons. The number of esters is 1. The van der Waals surface area contributed by atoms with Gasteiger partial charge in [0, 0.05) is 5.56 Å². The summed E-state index contributed by atoms with van der Waals surface area (Å²) in [7, 11) is 1.30. The van der Waals surface area contributed by atoms with Gasteiger partial charge in [0.05, 0.1) is 12.7 Å². The Morgan fingerprint density at radius 3 is 2.31 bits per heavy atom. The fourth-order valence-corrected chi connectivity index (χ4v) is 1.96. The molecular weight excluding hydrogens is 343 g/mol. The van der Waals surface area contributed by atoms with Crippen LogP contribution in [0.1, 0.15) is 27.6 Å². The topological polar surface area (TPSA) is 93.7 Å². The van der Waals surface area contributed by atoms with Crippen LogP contribution in [-0.4, -0.2) is 31.0 Å². The molecule has 0 heterocycles. The van der Waals surface area contributed by atoms with Gasteiger partial charge in [-0.1, -0.05) is 18.2 Å². The van der Waals surface area contributed by atoms with Gasteiger partial charge in [0.25, 0.3) is 11.8 Å². The SMILES string of the molecule is COc1ccc(C(=O)O[C@@H](C)C(=O)NNC(=O)c2ccccc2)cc1F. The molecule has 0 aliphatic heterocycles. The molecule has 0 saturated heterocycles. The Balaban J connectivity index is 1.89. The monoisotopic (exact) mass is 360 g/mol. The van der Waals surface area contributed by atoms with Crippen molar-refractivity contribution in [3.05, 3.63) is 65.5 Å². The van der Waals surface area contributed by atoms with Crippen molar-refractivity contribution in [1.82, 2.24) is 10.9 Å². The first-order chi connectivity index (χ1) is 12.4. The second-order valence-electron chi connectivity index (χ2n) is 5.21. The van der Waals surface area contributed by atoms with Crippen LogP contribution in [0.15, 0.2) is 48.5 Å². The van der Waals surface area contributed by atoms with Gasteiger partial charge in [0.1, 0.15) is 0 Å². The zero-order valence-electron chi connectivity index (χ0n) is 14.1. The van der Waals surface area contributed by atoms with Gasteiger partial charge in [-0.15, -0.1) is 0 Å². The van der Waals surface area contributed by atoms with Crippen molar-refractivity contribution in [2.45, 2.75) is 13.0 Å². The number of carbonyl (C=O) groups is 3. The van der Waals surface area contributed by atoms with Crippen LogP contribution in [0.25, 0.3) is 0 Å². The molecule has 0 spiro atoms. The van der Waals surface area contributed by atoms with Crippen molar-refractivity contribution < 1.29 is 28.2 Å². The summed E-state index contributed by atoms with van der Waals surface area (Å²) in [5.74, 6) is -2.89. The van der Waals surface area contributed by atoms with E-state index in [1.807, 2.05) is 0 Å². The molecule has 0 aromatic heterocycles. The Bertz CT molecular complexity index is 810. The minimum atomic E-state index is -1.20. The Morgan fingerprint density at radius 1 is 1.00 bits per heavy atom. The maximum Gasteiger partial charge on any atom is 0.339 e. The van der Waals surface area contributed by atoms with E-state index in [0.717, 1.165) is 6.07 Å². The first-order valence-electron chi connectivity index (χ1n) is 7.62. The summed E-state index contributed by atoms with van der Waals surface area (Å²) >= 11 is 0. The Labute approximate surface area is 149 Å². The summed E-state index contributed by atoms with van der Waals surface area (Å²) < 4.78 is 23.3. The van der Waals surface area contributed by atoms with Gasteiger partial charge in [0.15, 0.2) is 17.7 Å². The van der Waals surface area contributed by atoms with Gasteiger partial charge in [-0.05, 0) is 37.3 Å². The Kier molecular flexibility index (Phi) is 6.26. The second-order valence-corrected chi connectivity index (χ2v) is 5.21. The molecule has 1 atom stereocenters. The van der Waals surface area contributed by atoms with Gasteiger partial charge in [-0.3, -0.25) is 20.4 Å². The highest BCUT2D eigenvalue weighted by Crippen LogP contribution is 2.18. The van der Waals surface area contributed by atoms with Gasteiger partial charge in [-0.25, -0.2) is 9.18 Å². The fourth-order valence-electron chi connectivity index (χ4n) is 1.96. The summed E-state index contributed by atoms with van der Waals surface area (Å²) in [5, 5.41) is 0. The molecule has 0 bridgehead atoms. The second kappa shape index (κ2) is 8.61. The number of methoxy groups -OCH3 is 1. The molecule has 0 unspecified atom stereocenters. The van der Waals surface area contributed by atoms with Crippen LogP contribution in [-0.2, 0) is 9.53 Å². The van der Waals surface area contributed by atoms with Crippen LogP contribution in [0, 0.1) is 5.82 Å². The standard InChI is InChI=1S/C18H17FN2O5/c1-11(16(22)20-21-17(23)12-6-4-3-5-7-12)26-18(24)13-8-9-15(25-2)14(19)10-13/h3-11H,1-2H3,(H,20,22)(H,21,23)/t11-/m0/s1. The smallest absolute Gasteiger partial charge is 0.339 e. The molecule has 2 rings (SSSR count). The molecule has 2 aromatic rings. The average molecular weight is 360 g/mol. The summed E-state index contributed by atoms with van der Waals surface area (Å²) in [5.41, 5.74) is 4.65. The third-order valence-corrected chi connectivity index (χ3v) is 3.38. The maximum absolute atomic E-state index is 13.6. The van der Waals surface area contributed by atoms with Crippen LogP contribution >= 0.6 is 0 Å². The van der Waals surface area contributed by atoms with Crippen LogP contribution in [0.3, 0.4) is 0 Å². The molecule has 2 aromatic carbocycles. The predicted octanol–water partition coefficient (Wildman–Crippen LogP) is 1.84. The fraction of sp³-hybridized carbons (Fsp3) is 0.167. The zero-order valence-corrected chi connectivity index (χ0v) is 14.1. The number of amides is 2. The van der Waals surface area contributed by atoms with Crippen molar-refractivity contribution in [3.63, 3.8) is 0 Å². The van der Waals surface area contributed by atoms with E-state index in [9.17, 15) is 18.8 Å². The van der Waals surface area contributed by atoms with E-state index in [-0.39, 0.29) is 11.3 Å². The van der Waals surface area contributed by atoms with Crippen molar-refractivity contribution in [2.24, 2.45) is 0 Å². The molecule has 2 amide bonds. The molecule has 26 heavy (non-hydrogen) atoms. The van der Waals surface area contributed by atoms with Crippen molar-refractivity contribution >= 4 is 17.8 Å². The van der Waals surface area contributed by atoms with Crippen LogP contribution in [0.4, 0.5) is 4.39 Å². The first-order valence-corrected chi connectivity index (χ1v) is 7.62. The maximum atomic E-state index is 13.6. The normalized spacial score (nSPS) is 11.2. The van der Waals surface area contributed by atoms with Crippen LogP contribution in [0.2, 0.25) is 0 Å². The summed E-state index contributed by atoms with van der Waals surface area (Å²) in [6.07, 6.45) is -1.20. The van der Waals surface area contributed by atoms with Crippen molar-refractivity contribution in [1.29, 1.82) is 0 Å². The van der Waals surface area contributed by atoms with E-state index < -0.39 is 29.7 Å². The number of carbonyl (C=O) groups excluding carboxylic acids is 3. The molecule has 0 aliphatic carbocycles. The number of benzene rings is 2. The number of nitrogens with one attached hydrogen (secondary N) is 2. The largest absolute Gasteiger partial charge is 0.494 e. The van der Waals surface area contributed by atoms with Crippen LogP contribution in [0.5, 0.6) is 5.75 Å². The highest BCUT2D eigenvalue weighted by molar-refractivity contribution is 5.96. The van der Waals surface area contributed by atoms with Gasteiger partial charge in [0.2, 0.25) is 0 Å². The minimum Gasteiger partial charge on any atom is -0.494 e. The lowest BCUT2D eigenvalue weighted by Gasteiger charge is -2.14. The van der Waals surface area contributed by atoms with Crippen LogP contribution < -0.4 is 15.6 Å². The number of hydrazine groups is 1. The third kappa shape index (κ3) is 4.79. The molecular formula is C18H17FN2O5. The minimum absolute atomic E-state index is 0.0176. The average Bonchev–Trinajstić information content (AvgIpc) is 2.66. The van der Waals surface area contributed by atoms with E-state index in [4.69, 9.17) is 9.47 Å². The number of hydrogen-bond acceptors (Lipinski definition) is 5. The van der Waals surface area contributed by atoms with E-state index in [1.165, 1.54) is 26.2 Å². The molecule has 2 N–H and O–H groups in total. The lowest BCUT2D eigenvalue weighted by Crippen LogP contribution is -2.46. The number of ether oxygens (including phenoxy) is 2. The van der Waals surface area contributed by atoms with Crippen molar-refractivity contribution in [2.75, 3.05) is 7.11 Å². The lowest BCUT2D eigenvalue weighted by atomic mass is 10.2. The first kappa shape index (κ1) is 18.9. The van der Waals surface area contributed by atoms with E-state index >= 15 is 0 Å². The molecule has 0 aliphatic rings. The quantitative estimate of drug-likeness (QED) is 0.627. The van der Waals surface area contributed by atoms with Gasteiger partial charge < -0.3 is 9.47 Å². The predicted molar refractivity (Wildman–Crippen MR) is 89.9 cm³/mol. The number of rotatable bonds is 5. The van der Waals surface area contributed by atoms with E-state index in [1.54, 1.807) is 30.3 Å². The number of hydrogen-bond donors (Lipinski definition) is 2. The summed E-state index contributed by atoms with van der Waals surface area (Å²) in [4.78, 5) is 35.7. The zero-order chi connectivity index (χ0) is 19.1. The summed E-state index contributed by atoms with van der Waals surface area (Å²) in [6.45, 7) is 1.32. The highest BCUT2D eigenvalue weighted by Gasteiger charge is 2.20. The van der Waals surface area contributed by atoms with Crippen molar-refractivity contribution in [3.8, 4) is 5.75 Å². The molecule has 136 valence electrons. The van der Waals surface area contributed by atoms with Gasteiger partial charge in [-0.2, -0.15) is 0 Å². The van der Waals surface area contributed by atoms with E-state index in [2.05, 4.69) is 10.9 Å². The summed E-state index contributed by atoms with van der Waals surface area (Å²) in [6, 6.07) is 11.8. The lowest BCUT2D eigenvalue weighted by molar-refractivity contribution is -0.129. The van der Waals surface area contributed by atoms with E-state index in [0.29, 0.717) is 5.56 Å². The Morgan fingerprint density at radius 2 is 1.69 bits per heavy atom. The highest BCUT2D eigenvalue weighted by atomic mass is 19.1.